The topological polar surface area (TPSA) is 59.1 Å². The Morgan fingerprint density at radius 2 is 1.91 bits per heavy atom. The SMILES string of the molecule is COc1cc(F)c(C2CC(=O)N(/C(C=O)=C/C=C\N(C)CC(OC)C(F)(F)F)C2)c(F)c1. The number of carbonyl (C=O) groups is 2. The molecule has 6 nitrogen and oxygen atoms in total. The third kappa shape index (κ3) is 6.06. The lowest BCUT2D eigenvalue weighted by atomic mass is 9.97. The van der Waals surface area contributed by atoms with Crippen molar-refractivity contribution >= 4 is 12.2 Å². The van der Waals surface area contributed by atoms with Gasteiger partial charge in [-0.3, -0.25) is 9.59 Å². The lowest BCUT2D eigenvalue weighted by Crippen LogP contribution is -2.39. The number of likely N-dealkylation sites (tertiary alicyclic amines) is 1. The first-order valence-corrected chi connectivity index (χ1v) is 9.48. The molecule has 0 spiro atoms. The van der Waals surface area contributed by atoms with Crippen LogP contribution in [0.3, 0.4) is 0 Å². The van der Waals surface area contributed by atoms with E-state index in [1.165, 1.54) is 37.4 Å². The number of amides is 1. The zero-order valence-corrected chi connectivity index (χ0v) is 17.7. The van der Waals surface area contributed by atoms with Crippen LogP contribution in [0.15, 0.2) is 36.2 Å². The average molecular weight is 462 g/mol. The van der Waals surface area contributed by atoms with Crippen LogP contribution < -0.4 is 4.74 Å². The van der Waals surface area contributed by atoms with Gasteiger partial charge in [0.25, 0.3) is 0 Å². The summed E-state index contributed by atoms with van der Waals surface area (Å²) in [7, 11) is 3.60. The molecule has 0 N–H and O–H groups in total. The van der Waals surface area contributed by atoms with Gasteiger partial charge in [0, 0.05) is 50.7 Å². The molecule has 1 aliphatic rings. The Kier molecular flexibility index (Phi) is 8.37. The van der Waals surface area contributed by atoms with E-state index in [4.69, 9.17) is 4.74 Å². The van der Waals surface area contributed by atoms with Crippen LogP contribution in [0, 0.1) is 11.6 Å². The molecule has 1 aromatic carbocycles. The number of aldehydes is 1. The molecule has 0 saturated carbocycles. The predicted molar refractivity (Wildman–Crippen MR) is 105 cm³/mol. The lowest BCUT2D eigenvalue weighted by molar-refractivity contribution is -0.214. The standard InChI is InChI=1S/C21H23F5N2O4/c1-27(11-18(32-3)21(24,25)26)6-4-5-14(12-29)28-10-13(7-19(28)30)20-16(22)8-15(31-2)9-17(20)23/h4-6,8-9,12-13,18H,7,10-11H2,1-3H3/b6-4-,14-5+. The zero-order valence-electron chi connectivity index (χ0n) is 17.7. The minimum Gasteiger partial charge on any atom is -0.497 e. The Balaban J connectivity index is 2.13. The summed E-state index contributed by atoms with van der Waals surface area (Å²) in [4.78, 5) is 26.2. The van der Waals surface area contributed by atoms with E-state index in [-0.39, 0.29) is 30.0 Å². The van der Waals surface area contributed by atoms with Crippen LogP contribution in [0.5, 0.6) is 5.75 Å². The van der Waals surface area contributed by atoms with E-state index < -0.39 is 42.3 Å². The van der Waals surface area contributed by atoms with E-state index >= 15 is 0 Å². The van der Waals surface area contributed by atoms with Gasteiger partial charge in [0.15, 0.2) is 12.4 Å². The summed E-state index contributed by atoms with van der Waals surface area (Å²) < 4.78 is 76.3. The number of nitrogens with zero attached hydrogens (tertiary/aromatic N) is 2. The second-order valence-electron chi connectivity index (χ2n) is 7.17. The highest BCUT2D eigenvalue weighted by molar-refractivity contribution is 5.88. The number of rotatable bonds is 9. The van der Waals surface area contributed by atoms with Crippen molar-refractivity contribution in [2.75, 3.05) is 34.4 Å². The van der Waals surface area contributed by atoms with Crippen LogP contribution in [-0.4, -0.2) is 68.6 Å². The highest BCUT2D eigenvalue weighted by Gasteiger charge is 2.40. The van der Waals surface area contributed by atoms with E-state index in [2.05, 4.69) is 4.74 Å². The second-order valence-corrected chi connectivity index (χ2v) is 7.17. The number of benzene rings is 1. The van der Waals surface area contributed by atoms with E-state index in [1.54, 1.807) is 0 Å². The summed E-state index contributed by atoms with van der Waals surface area (Å²) in [6.45, 7) is -0.616. The molecule has 2 atom stereocenters. The number of hydrogen-bond donors (Lipinski definition) is 0. The molecule has 0 aromatic heterocycles. The molecule has 176 valence electrons. The Bertz CT molecular complexity index is 878. The fourth-order valence-corrected chi connectivity index (χ4v) is 3.33. The van der Waals surface area contributed by atoms with Gasteiger partial charge >= 0.3 is 6.18 Å². The third-order valence-corrected chi connectivity index (χ3v) is 4.96. The maximum atomic E-state index is 14.4. The van der Waals surface area contributed by atoms with Crippen molar-refractivity contribution in [3.8, 4) is 5.75 Å². The van der Waals surface area contributed by atoms with Crippen LogP contribution >= 0.6 is 0 Å². The van der Waals surface area contributed by atoms with E-state index in [1.807, 2.05) is 0 Å². The van der Waals surface area contributed by atoms with E-state index in [9.17, 15) is 31.5 Å². The smallest absolute Gasteiger partial charge is 0.416 e. The van der Waals surface area contributed by atoms with Crippen molar-refractivity contribution in [2.24, 2.45) is 0 Å². The fourth-order valence-electron chi connectivity index (χ4n) is 3.33. The average Bonchev–Trinajstić information content (AvgIpc) is 3.08. The van der Waals surface area contributed by atoms with Crippen molar-refractivity contribution < 1.29 is 41.0 Å². The summed E-state index contributed by atoms with van der Waals surface area (Å²) in [6, 6.07) is 2.02. The summed E-state index contributed by atoms with van der Waals surface area (Å²) in [5, 5.41) is 0. The van der Waals surface area contributed by atoms with Crippen LogP contribution in [0.2, 0.25) is 0 Å². The van der Waals surface area contributed by atoms with Crippen LogP contribution in [0.25, 0.3) is 0 Å². The second kappa shape index (κ2) is 10.6. The van der Waals surface area contributed by atoms with Crippen molar-refractivity contribution in [3.63, 3.8) is 0 Å². The summed E-state index contributed by atoms with van der Waals surface area (Å²) >= 11 is 0. The highest BCUT2D eigenvalue weighted by Crippen LogP contribution is 2.35. The van der Waals surface area contributed by atoms with Crippen LogP contribution in [0.1, 0.15) is 17.9 Å². The molecule has 1 heterocycles. The van der Waals surface area contributed by atoms with Gasteiger partial charge in [-0.05, 0) is 18.4 Å². The van der Waals surface area contributed by atoms with Crippen molar-refractivity contribution in [3.05, 3.63) is 53.4 Å². The third-order valence-electron chi connectivity index (χ3n) is 4.96. The monoisotopic (exact) mass is 462 g/mol. The number of halogens is 5. The summed E-state index contributed by atoms with van der Waals surface area (Å²) in [6.07, 6.45) is -2.55. The molecule has 1 saturated heterocycles. The lowest BCUT2D eigenvalue weighted by Gasteiger charge is -2.23. The van der Waals surface area contributed by atoms with Gasteiger partial charge in [0.2, 0.25) is 5.91 Å². The van der Waals surface area contributed by atoms with Crippen molar-refractivity contribution in [2.45, 2.75) is 24.6 Å². The zero-order chi connectivity index (χ0) is 24.1. The first-order valence-electron chi connectivity index (χ1n) is 9.48. The Morgan fingerprint density at radius 1 is 1.28 bits per heavy atom. The van der Waals surface area contributed by atoms with E-state index in [0.717, 1.165) is 24.1 Å². The maximum Gasteiger partial charge on any atom is 0.416 e. The minimum atomic E-state index is -4.54. The van der Waals surface area contributed by atoms with Gasteiger partial charge in [-0.2, -0.15) is 13.2 Å². The van der Waals surface area contributed by atoms with Crippen LogP contribution in [0.4, 0.5) is 22.0 Å². The number of hydrogen-bond acceptors (Lipinski definition) is 5. The van der Waals surface area contributed by atoms with E-state index in [0.29, 0.717) is 6.29 Å². The van der Waals surface area contributed by atoms with Gasteiger partial charge in [-0.25, -0.2) is 8.78 Å². The number of allylic oxidation sites excluding steroid dienone is 3. The number of methoxy groups -OCH3 is 2. The first kappa shape index (κ1) is 25.3. The molecule has 1 amide bonds. The predicted octanol–water partition coefficient (Wildman–Crippen LogP) is 3.39. The van der Waals surface area contributed by atoms with Gasteiger partial charge in [-0.1, -0.05) is 0 Å². The molecule has 2 rings (SSSR count). The van der Waals surface area contributed by atoms with Gasteiger partial charge in [0.05, 0.1) is 19.4 Å². The highest BCUT2D eigenvalue weighted by atomic mass is 19.4. The number of carbonyl (C=O) groups excluding carboxylic acids is 2. The van der Waals surface area contributed by atoms with Crippen LogP contribution in [-0.2, 0) is 14.3 Å². The number of ether oxygens (including phenoxy) is 2. The number of likely N-dealkylation sites (N-methyl/N-ethyl adjacent to an activating group) is 1. The molecule has 0 bridgehead atoms. The Hall–Kier alpha value is -2.95. The Labute approximate surface area is 181 Å². The quantitative estimate of drug-likeness (QED) is 0.244. The molecule has 1 aromatic rings. The van der Waals surface area contributed by atoms with Gasteiger partial charge < -0.3 is 19.3 Å². The molecule has 32 heavy (non-hydrogen) atoms. The summed E-state index contributed by atoms with van der Waals surface area (Å²) in [5.74, 6) is -3.07. The molecule has 0 radical (unpaired) electrons. The minimum absolute atomic E-state index is 0.00565. The first-order chi connectivity index (χ1) is 15.0. The molecule has 0 aliphatic carbocycles. The van der Waals surface area contributed by atoms with Crippen molar-refractivity contribution in [1.29, 1.82) is 0 Å². The van der Waals surface area contributed by atoms with Crippen molar-refractivity contribution in [1.82, 2.24) is 9.80 Å². The largest absolute Gasteiger partial charge is 0.497 e. The van der Waals surface area contributed by atoms with Gasteiger partial charge in [0.1, 0.15) is 17.4 Å². The molecule has 2 unspecified atom stereocenters. The molecule has 1 aliphatic heterocycles. The molecule has 1 fully saturated rings. The van der Waals surface area contributed by atoms with Gasteiger partial charge in [-0.15, -0.1) is 0 Å². The maximum absolute atomic E-state index is 14.4. The summed E-state index contributed by atoms with van der Waals surface area (Å²) in [5.41, 5.74) is -0.365. The normalized spacial score (nSPS) is 18.4. The number of alkyl halides is 3. The molecular formula is C21H23F5N2O4. The molecular weight excluding hydrogens is 439 g/mol. The molecule has 11 heteroatoms. The fraction of sp³-hybridized carbons (Fsp3) is 0.429. The Morgan fingerprint density at radius 3 is 2.41 bits per heavy atom.